The van der Waals surface area contributed by atoms with E-state index < -0.39 is 17.2 Å². The summed E-state index contributed by atoms with van der Waals surface area (Å²) in [5.41, 5.74) is 0.579. The van der Waals surface area contributed by atoms with Gasteiger partial charge in [-0.2, -0.15) is 0 Å². The van der Waals surface area contributed by atoms with Crippen molar-refractivity contribution >= 4 is 64.0 Å². The van der Waals surface area contributed by atoms with Gasteiger partial charge in [0.15, 0.2) is 0 Å². The normalized spacial score (nSPS) is 18.9. The molecule has 1 saturated carbocycles. The lowest BCUT2D eigenvalue weighted by Crippen LogP contribution is -2.47. The van der Waals surface area contributed by atoms with Crippen LogP contribution in [0.5, 0.6) is 0 Å². The first-order chi connectivity index (χ1) is 13.8. The third-order valence-electron chi connectivity index (χ3n) is 4.46. The fourth-order valence-corrected chi connectivity index (χ4v) is 3.96. The molecule has 29 heavy (non-hydrogen) atoms. The van der Waals surface area contributed by atoms with Gasteiger partial charge in [0.05, 0.1) is 4.91 Å². The van der Waals surface area contributed by atoms with Gasteiger partial charge >= 0.3 is 0 Å². The number of nitrogens with zero attached hydrogens (tertiary/aromatic N) is 1. The largest absolute Gasteiger partial charge is 0.353 e. The van der Waals surface area contributed by atoms with Crippen molar-refractivity contribution in [3.63, 3.8) is 0 Å². The second kappa shape index (κ2) is 9.19. The molecule has 154 valence electrons. The summed E-state index contributed by atoms with van der Waals surface area (Å²) in [5, 5.41) is 5.70. The van der Waals surface area contributed by atoms with Crippen molar-refractivity contribution in [3.05, 3.63) is 38.7 Å². The molecule has 1 atom stereocenters. The van der Waals surface area contributed by atoms with Gasteiger partial charge < -0.3 is 10.6 Å². The van der Waals surface area contributed by atoms with Crippen LogP contribution in [0.4, 0.5) is 4.79 Å². The van der Waals surface area contributed by atoms with Crippen molar-refractivity contribution in [2.75, 3.05) is 13.1 Å². The molecule has 1 aliphatic carbocycles. The Balaban J connectivity index is 1.52. The molecule has 0 spiro atoms. The molecular formula is C19H19Cl2N3O4S. The van der Waals surface area contributed by atoms with Gasteiger partial charge in [0.2, 0.25) is 11.8 Å². The van der Waals surface area contributed by atoms with Crippen LogP contribution in [0.15, 0.2) is 23.1 Å². The molecule has 0 bridgehead atoms. The molecule has 1 aromatic carbocycles. The Labute approximate surface area is 182 Å². The first-order valence-electron chi connectivity index (χ1n) is 9.04. The lowest BCUT2D eigenvalue weighted by Gasteiger charge is -2.16. The molecule has 4 amide bonds. The number of carbonyl (C=O) groups excluding carboxylic acids is 4. The highest BCUT2D eigenvalue weighted by Crippen LogP contribution is 2.33. The zero-order valence-electron chi connectivity index (χ0n) is 15.5. The SMILES string of the molecule is CC(NC(=O)C1CC1)C(=O)NCCN1C(=O)S/C(=C\c2ccc(Cl)cc2Cl)C1=O. The van der Waals surface area contributed by atoms with E-state index in [9.17, 15) is 19.2 Å². The maximum atomic E-state index is 12.5. The highest BCUT2D eigenvalue weighted by Gasteiger charge is 2.35. The fraction of sp³-hybridized carbons (Fsp3) is 0.368. The molecule has 10 heteroatoms. The van der Waals surface area contributed by atoms with E-state index in [0.717, 1.165) is 29.5 Å². The summed E-state index contributed by atoms with van der Waals surface area (Å²) in [4.78, 5) is 49.8. The molecule has 3 rings (SSSR count). The molecule has 7 nitrogen and oxygen atoms in total. The molecule has 1 aromatic rings. The Morgan fingerprint density at radius 2 is 2.03 bits per heavy atom. The van der Waals surface area contributed by atoms with E-state index in [1.54, 1.807) is 25.1 Å². The average molecular weight is 456 g/mol. The third-order valence-corrected chi connectivity index (χ3v) is 5.93. The summed E-state index contributed by atoms with van der Waals surface area (Å²) in [6, 6.07) is 4.18. The number of halogens is 2. The molecule has 1 saturated heterocycles. The monoisotopic (exact) mass is 455 g/mol. The van der Waals surface area contributed by atoms with Gasteiger partial charge in [-0.05, 0) is 55.3 Å². The number of nitrogens with one attached hydrogen (secondary N) is 2. The Morgan fingerprint density at radius 1 is 1.31 bits per heavy atom. The van der Waals surface area contributed by atoms with Gasteiger partial charge in [0, 0.05) is 29.1 Å². The molecule has 1 unspecified atom stereocenters. The van der Waals surface area contributed by atoms with Crippen LogP contribution in [0, 0.1) is 5.92 Å². The number of imide groups is 1. The minimum atomic E-state index is -0.676. The van der Waals surface area contributed by atoms with Crippen LogP contribution < -0.4 is 10.6 Å². The zero-order chi connectivity index (χ0) is 21.1. The van der Waals surface area contributed by atoms with Gasteiger partial charge in [-0.15, -0.1) is 0 Å². The van der Waals surface area contributed by atoms with Gasteiger partial charge in [0.1, 0.15) is 6.04 Å². The highest BCUT2D eigenvalue weighted by atomic mass is 35.5. The number of benzene rings is 1. The van der Waals surface area contributed by atoms with E-state index >= 15 is 0 Å². The standard InChI is InChI=1S/C19H19Cl2N3O4S/c1-10(23-17(26)11-2-3-11)16(25)22-6-7-24-18(27)15(29-19(24)28)8-12-4-5-13(20)9-14(12)21/h4-5,8-11H,2-3,6-7H2,1H3,(H,22,25)(H,23,26)/b15-8-. The van der Waals surface area contributed by atoms with Crippen LogP contribution in [0.25, 0.3) is 6.08 Å². The number of carbonyl (C=O) groups is 4. The second-order valence-corrected chi connectivity index (χ2v) is 8.63. The van der Waals surface area contributed by atoms with E-state index in [4.69, 9.17) is 23.2 Å². The topological polar surface area (TPSA) is 95.6 Å². The van der Waals surface area contributed by atoms with Crippen molar-refractivity contribution in [2.24, 2.45) is 5.92 Å². The van der Waals surface area contributed by atoms with Crippen LogP contribution in [0.3, 0.4) is 0 Å². The van der Waals surface area contributed by atoms with E-state index in [1.165, 1.54) is 6.08 Å². The summed E-state index contributed by atoms with van der Waals surface area (Å²) >= 11 is 12.8. The Bertz CT molecular complexity index is 901. The summed E-state index contributed by atoms with van der Waals surface area (Å²) in [6.07, 6.45) is 3.25. The molecule has 2 fully saturated rings. The molecule has 0 aromatic heterocycles. The average Bonchev–Trinajstić information content (AvgIpc) is 3.47. The van der Waals surface area contributed by atoms with Crippen molar-refractivity contribution in [1.29, 1.82) is 0 Å². The van der Waals surface area contributed by atoms with Crippen molar-refractivity contribution < 1.29 is 19.2 Å². The van der Waals surface area contributed by atoms with Crippen LogP contribution >= 0.6 is 35.0 Å². The molecule has 1 aliphatic heterocycles. The van der Waals surface area contributed by atoms with E-state index in [2.05, 4.69) is 10.6 Å². The lowest BCUT2D eigenvalue weighted by atomic mass is 10.2. The van der Waals surface area contributed by atoms with E-state index in [-0.39, 0.29) is 35.7 Å². The smallest absolute Gasteiger partial charge is 0.293 e. The first-order valence-corrected chi connectivity index (χ1v) is 10.6. The van der Waals surface area contributed by atoms with Gasteiger partial charge in [-0.25, -0.2) is 0 Å². The van der Waals surface area contributed by atoms with Crippen molar-refractivity contribution in [2.45, 2.75) is 25.8 Å². The van der Waals surface area contributed by atoms with Crippen molar-refractivity contribution in [1.82, 2.24) is 15.5 Å². The number of amides is 4. The molecule has 0 radical (unpaired) electrons. The lowest BCUT2D eigenvalue weighted by molar-refractivity contribution is -0.129. The fourth-order valence-electron chi connectivity index (χ4n) is 2.64. The summed E-state index contributed by atoms with van der Waals surface area (Å²) in [5.74, 6) is -0.920. The maximum Gasteiger partial charge on any atom is 0.293 e. The second-order valence-electron chi connectivity index (χ2n) is 6.79. The van der Waals surface area contributed by atoms with Gasteiger partial charge in [-0.1, -0.05) is 29.3 Å². The van der Waals surface area contributed by atoms with E-state index in [1.807, 2.05) is 0 Å². The van der Waals surface area contributed by atoms with Crippen LogP contribution in [0.2, 0.25) is 10.0 Å². The Morgan fingerprint density at radius 3 is 2.69 bits per heavy atom. The van der Waals surface area contributed by atoms with Gasteiger partial charge in [-0.3, -0.25) is 24.1 Å². The van der Waals surface area contributed by atoms with Crippen LogP contribution in [-0.4, -0.2) is 47.0 Å². The number of hydrogen-bond donors (Lipinski definition) is 2. The minimum Gasteiger partial charge on any atom is -0.353 e. The predicted molar refractivity (Wildman–Crippen MR) is 112 cm³/mol. The summed E-state index contributed by atoms with van der Waals surface area (Å²) in [7, 11) is 0. The summed E-state index contributed by atoms with van der Waals surface area (Å²) < 4.78 is 0. The van der Waals surface area contributed by atoms with E-state index in [0.29, 0.717) is 15.6 Å². The summed E-state index contributed by atoms with van der Waals surface area (Å²) in [6.45, 7) is 1.72. The molecular weight excluding hydrogens is 437 g/mol. The first kappa shape index (κ1) is 21.7. The minimum absolute atomic E-state index is 0.0152. The maximum absolute atomic E-state index is 12.5. The predicted octanol–water partition coefficient (Wildman–Crippen LogP) is 3.06. The number of hydrogen-bond acceptors (Lipinski definition) is 5. The van der Waals surface area contributed by atoms with Crippen LogP contribution in [0.1, 0.15) is 25.3 Å². The molecule has 1 heterocycles. The zero-order valence-corrected chi connectivity index (χ0v) is 17.9. The number of thioether (sulfide) groups is 1. The molecule has 2 aliphatic rings. The number of rotatable bonds is 7. The molecule has 2 N–H and O–H groups in total. The highest BCUT2D eigenvalue weighted by molar-refractivity contribution is 8.18. The Hall–Kier alpha value is -2.03. The van der Waals surface area contributed by atoms with Crippen LogP contribution in [-0.2, 0) is 14.4 Å². The quantitative estimate of drug-likeness (QED) is 0.615. The van der Waals surface area contributed by atoms with Gasteiger partial charge in [0.25, 0.3) is 11.1 Å². The van der Waals surface area contributed by atoms with Crippen molar-refractivity contribution in [3.8, 4) is 0 Å². The Kier molecular flexibility index (Phi) is 6.87. The third kappa shape index (κ3) is 5.52.